The summed E-state index contributed by atoms with van der Waals surface area (Å²) in [7, 11) is -4.79. The van der Waals surface area contributed by atoms with Crippen LogP contribution in [-0.4, -0.2) is 33.3 Å². The number of nitrogens with one attached hydrogen (secondary N) is 1. The second kappa shape index (κ2) is 8.98. The summed E-state index contributed by atoms with van der Waals surface area (Å²) in [5.41, 5.74) is 12.0. The first kappa shape index (κ1) is 23.9. The molecule has 186 valence electrons. The Morgan fingerprint density at radius 2 is 1.49 bits per heavy atom. The van der Waals surface area contributed by atoms with Gasteiger partial charge >= 0.3 is 0 Å². The number of sulfonamides is 1. The second-order valence-corrected chi connectivity index (χ2v) is 9.27. The van der Waals surface area contributed by atoms with Gasteiger partial charge < -0.3 is 11.5 Å². The van der Waals surface area contributed by atoms with Gasteiger partial charge in [-0.3, -0.25) is 4.72 Å². The molecular weight excluding hydrogens is 509 g/mol. The minimum atomic E-state index is -4.79. The lowest BCUT2D eigenvalue weighted by atomic mass is 10.1. The molecule has 0 aliphatic carbocycles. The Labute approximate surface area is 207 Å². The number of rotatable bonds is 5. The Hall–Kier alpha value is -4.85. The van der Waals surface area contributed by atoms with Gasteiger partial charge in [0, 0.05) is 18.0 Å². The SMILES string of the molecule is Nc1ncc(-c2nc(N)c3nc(-c4cccc(NS(=O)(=O)c5c(F)cccc5F)c4F)ccc3n2)cn1. The predicted molar refractivity (Wildman–Crippen MR) is 130 cm³/mol. The van der Waals surface area contributed by atoms with Gasteiger partial charge in [-0.05, 0) is 36.4 Å². The summed E-state index contributed by atoms with van der Waals surface area (Å²) in [5, 5.41) is 0. The normalized spacial score (nSPS) is 11.5. The van der Waals surface area contributed by atoms with Crippen LogP contribution in [0.3, 0.4) is 0 Å². The molecule has 0 amide bonds. The minimum Gasteiger partial charge on any atom is -0.382 e. The van der Waals surface area contributed by atoms with Crippen molar-refractivity contribution in [1.82, 2.24) is 24.9 Å². The molecule has 0 fully saturated rings. The van der Waals surface area contributed by atoms with Crippen molar-refractivity contribution in [3.8, 4) is 22.6 Å². The number of fused-ring (bicyclic) bond motifs is 1. The van der Waals surface area contributed by atoms with Crippen LogP contribution in [0, 0.1) is 17.5 Å². The topological polar surface area (TPSA) is 163 Å². The quantitative estimate of drug-likeness (QED) is 0.312. The summed E-state index contributed by atoms with van der Waals surface area (Å²) in [6, 6.07) is 9.36. The van der Waals surface area contributed by atoms with Gasteiger partial charge in [-0.1, -0.05) is 12.1 Å². The van der Waals surface area contributed by atoms with E-state index in [2.05, 4.69) is 24.9 Å². The van der Waals surface area contributed by atoms with Gasteiger partial charge in [0.25, 0.3) is 10.0 Å². The van der Waals surface area contributed by atoms with E-state index in [1.807, 2.05) is 4.72 Å². The summed E-state index contributed by atoms with van der Waals surface area (Å²) in [4.78, 5) is 19.5. The first-order valence-corrected chi connectivity index (χ1v) is 11.9. The Balaban J connectivity index is 1.53. The summed E-state index contributed by atoms with van der Waals surface area (Å²) < 4.78 is 70.6. The number of nitrogen functional groups attached to an aromatic ring is 2. The Morgan fingerprint density at radius 1 is 0.811 bits per heavy atom. The van der Waals surface area contributed by atoms with Crippen LogP contribution in [0.5, 0.6) is 0 Å². The first-order chi connectivity index (χ1) is 17.6. The van der Waals surface area contributed by atoms with E-state index < -0.39 is 38.1 Å². The molecule has 0 saturated carbocycles. The van der Waals surface area contributed by atoms with Crippen molar-refractivity contribution in [1.29, 1.82) is 0 Å². The number of hydrogen-bond acceptors (Lipinski definition) is 9. The smallest absolute Gasteiger partial charge is 0.267 e. The van der Waals surface area contributed by atoms with Crippen molar-refractivity contribution in [3.05, 3.63) is 78.4 Å². The Bertz CT molecular complexity index is 1760. The van der Waals surface area contributed by atoms with Gasteiger partial charge in [0.2, 0.25) is 5.95 Å². The Kier molecular flexibility index (Phi) is 5.79. The summed E-state index contributed by atoms with van der Waals surface area (Å²) in [6.45, 7) is 0. The number of pyridine rings is 1. The molecule has 3 aromatic heterocycles. The maximum absolute atomic E-state index is 15.4. The predicted octanol–water partition coefficient (Wildman–Crippen LogP) is 3.53. The summed E-state index contributed by atoms with van der Waals surface area (Å²) >= 11 is 0. The molecule has 14 heteroatoms. The number of aromatic nitrogens is 5. The van der Waals surface area contributed by atoms with Crippen molar-refractivity contribution >= 4 is 38.5 Å². The largest absolute Gasteiger partial charge is 0.382 e. The third kappa shape index (κ3) is 4.45. The third-order valence-electron chi connectivity index (χ3n) is 5.21. The van der Waals surface area contributed by atoms with E-state index in [4.69, 9.17) is 11.5 Å². The molecular formula is C23H15F3N8O2S. The first-order valence-electron chi connectivity index (χ1n) is 10.4. The van der Waals surface area contributed by atoms with Crippen LogP contribution in [0.2, 0.25) is 0 Å². The Morgan fingerprint density at radius 3 is 2.19 bits per heavy atom. The van der Waals surface area contributed by atoms with E-state index in [-0.39, 0.29) is 34.4 Å². The van der Waals surface area contributed by atoms with E-state index in [1.165, 1.54) is 36.7 Å². The van der Waals surface area contributed by atoms with Gasteiger partial charge in [0.1, 0.15) is 17.2 Å². The van der Waals surface area contributed by atoms with E-state index >= 15 is 4.39 Å². The fourth-order valence-electron chi connectivity index (χ4n) is 3.51. The molecule has 2 aromatic carbocycles. The van der Waals surface area contributed by atoms with Gasteiger partial charge in [0.05, 0.1) is 22.5 Å². The number of hydrogen-bond donors (Lipinski definition) is 3. The highest BCUT2D eigenvalue weighted by molar-refractivity contribution is 7.92. The fourth-order valence-corrected chi connectivity index (χ4v) is 4.71. The standard InChI is InChI=1S/C23H15F3N8O2S/c24-13-4-2-5-14(25)20(13)37(35,36)34-16-6-1-3-12(18(16)26)15-7-8-17-19(31-15)21(27)33-22(32-17)11-9-29-23(28)30-10-11/h1-10,34H,(H2,27,32,33)(H2,28,29,30). The summed E-state index contributed by atoms with van der Waals surface area (Å²) in [6.07, 6.45) is 2.86. The monoisotopic (exact) mass is 524 g/mol. The average Bonchev–Trinajstić information content (AvgIpc) is 2.85. The number of nitrogens with zero attached hydrogens (tertiary/aromatic N) is 5. The van der Waals surface area contributed by atoms with Crippen LogP contribution >= 0.6 is 0 Å². The maximum atomic E-state index is 15.4. The molecule has 0 radical (unpaired) electrons. The number of nitrogens with two attached hydrogens (primary N) is 2. The highest BCUT2D eigenvalue weighted by Gasteiger charge is 2.26. The van der Waals surface area contributed by atoms with Crippen molar-refractivity contribution in [3.63, 3.8) is 0 Å². The highest BCUT2D eigenvalue weighted by Crippen LogP contribution is 2.31. The molecule has 3 heterocycles. The van der Waals surface area contributed by atoms with Crippen molar-refractivity contribution < 1.29 is 21.6 Å². The van der Waals surface area contributed by atoms with Crippen LogP contribution in [0.15, 0.2) is 65.8 Å². The molecule has 37 heavy (non-hydrogen) atoms. The zero-order valence-electron chi connectivity index (χ0n) is 18.5. The number of anilines is 3. The van der Waals surface area contributed by atoms with Crippen LogP contribution in [0.4, 0.5) is 30.6 Å². The molecule has 10 nitrogen and oxygen atoms in total. The van der Waals surface area contributed by atoms with Gasteiger partial charge in [0.15, 0.2) is 22.4 Å². The fraction of sp³-hybridized carbons (Fsp3) is 0. The molecule has 5 aromatic rings. The van der Waals surface area contributed by atoms with E-state index in [9.17, 15) is 17.2 Å². The molecule has 0 atom stereocenters. The maximum Gasteiger partial charge on any atom is 0.267 e. The second-order valence-electron chi connectivity index (χ2n) is 7.65. The zero-order valence-corrected chi connectivity index (χ0v) is 19.3. The molecule has 5 rings (SSSR count). The molecule has 0 aliphatic rings. The molecule has 0 spiro atoms. The van der Waals surface area contributed by atoms with Gasteiger partial charge in [-0.25, -0.2) is 46.5 Å². The van der Waals surface area contributed by atoms with Crippen molar-refractivity contribution in [2.45, 2.75) is 4.90 Å². The minimum absolute atomic E-state index is 0.00836. The lowest BCUT2D eigenvalue weighted by Crippen LogP contribution is -2.17. The molecule has 0 aliphatic heterocycles. The molecule has 5 N–H and O–H groups in total. The van der Waals surface area contributed by atoms with Gasteiger partial charge in [-0.15, -0.1) is 0 Å². The average molecular weight is 524 g/mol. The third-order valence-corrected chi connectivity index (χ3v) is 6.62. The van der Waals surface area contributed by atoms with Crippen molar-refractivity contribution in [2.75, 3.05) is 16.2 Å². The van der Waals surface area contributed by atoms with Crippen molar-refractivity contribution in [2.24, 2.45) is 0 Å². The highest BCUT2D eigenvalue weighted by atomic mass is 32.2. The lowest BCUT2D eigenvalue weighted by molar-refractivity contribution is 0.521. The van der Waals surface area contributed by atoms with Crippen LogP contribution in [-0.2, 0) is 10.0 Å². The number of halogens is 3. The van der Waals surface area contributed by atoms with Crippen LogP contribution < -0.4 is 16.2 Å². The molecule has 0 unspecified atom stereocenters. The van der Waals surface area contributed by atoms with Crippen LogP contribution in [0.1, 0.15) is 0 Å². The lowest BCUT2D eigenvalue weighted by Gasteiger charge is -2.13. The summed E-state index contributed by atoms with van der Waals surface area (Å²) in [5.74, 6) is -3.37. The zero-order chi connectivity index (χ0) is 26.3. The number of benzene rings is 2. The van der Waals surface area contributed by atoms with E-state index in [0.29, 0.717) is 11.1 Å². The molecule has 0 saturated heterocycles. The van der Waals surface area contributed by atoms with Crippen LogP contribution in [0.25, 0.3) is 33.7 Å². The van der Waals surface area contributed by atoms with Gasteiger partial charge in [-0.2, -0.15) is 0 Å². The van der Waals surface area contributed by atoms with E-state index in [1.54, 1.807) is 0 Å². The molecule has 0 bridgehead atoms. The van der Waals surface area contributed by atoms with E-state index in [0.717, 1.165) is 24.3 Å².